The Labute approximate surface area is 191 Å². The molecule has 170 valence electrons. The Morgan fingerprint density at radius 3 is 2.41 bits per heavy atom. The second-order valence-electron chi connectivity index (χ2n) is 10.8. The summed E-state index contributed by atoms with van der Waals surface area (Å²) in [6.45, 7) is 8.23. The molecule has 1 aromatic heterocycles. The van der Waals surface area contributed by atoms with Gasteiger partial charge in [0.1, 0.15) is 5.54 Å². The normalized spacial score (nSPS) is 25.7. The van der Waals surface area contributed by atoms with Gasteiger partial charge in [-0.05, 0) is 36.3 Å². The molecule has 32 heavy (non-hydrogen) atoms. The van der Waals surface area contributed by atoms with Gasteiger partial charge < -0.3 is 19.8 Å². The molecule has 0 bridgehead atoms. The summed E-state index contributed by atoms with van der Waals surface area (Å²) in [5.74, 6) is 2.72. The zero-order chi connectivity index (χ0) is 22.5. The van der Waals surface area contributed by atoms with E-state index in [-0.39, 0.29) is 11.5 Å². The summed E-state index contributed by atoms with van der Waals surface area (Å²) in [6.07, 6.45) is 5.05. The summed E-state index contributed by atoms with van der Waals surface area (Å²) in [5, 5.41) is 3.98. The lowest BCUT2D eigenvalue weighted by Gasteiger charge is -2.45. The molecule has 5 rings (SSSR count). The molecule has 2 aliphatic rings. The fourth-order valence-corrected chi connectivity index (χ4v) is 6.40. The minimum atomic E-state index is 0.151. The molecule has 4 heteroatoms. The average molecular weight is 434 g/mol. The molecule has 3 N–H and O–H groups in total. The van der Waals surface area contributed by atoms with Crippen molar-refractivity contribution in [3.05, 3.63) is 59.3 Å². The van der Waals surface area contributed by atoms with Crippen molar-refractivity contribution in [3.8, 4) is 11.5 Å². The first-order valence-electron chi connectivity index (χ1n) is 12.0. The van der Waals surface area contributed by atoms with Gasteiger partial charge in [-0.15, -0.1) is 0 Å². The number of aromatic nitrogens is 1. The molecule has 0 unspecified atom stereocenters. The Morgan fingerprint density at radius 2 is 1.72 bits per heavy atom. The molecule has 1 fully saturated rings. The summed E-state index contributed by atoms with van der Waals surface area (Å²) in [4.78, 5) is 3.89. The smallest absolute Gasteiger partial charge is 0.164 e. The first-order valence-corrected chi connectivity index (χ1v) is 12.0. The summed E-state index contributed by atoms with van der Waals surface area (Å²) in [6, 6.07) is 15.1. The van der Waals surface area contributed by atoms with Gasteiger partial charge in [-0.25, -0.2) is 0 Å². The highest BCUT2D eigenvalue weighted by molar-refractivity contribution is 5.86. The fourth-order valence-electron chi connectivity index (χ4n) is 6.40. The Hall–Kier alpha value is -2.46. The van der Waals surface area contributed by atoms with E-state index < -0.39 is 0 Å². The van der Waals surface area contributed by atoms with Crippen LogP contribution in [0.5, 0.6) is 11.5 Å². The third-order valence-corrected chi connectivity index (χ3v) is 8.25. The number of nitrogens with one attached hydrogen (secondary N) is 1. The van der Waals surface area contributed by atoms with Crippen LogP contribution in [0.1, 0.15) is 69.2 Å². The van der Waals surface area contributed by atoms with Crippen LogP contribution in [0, 0.1) is 11.3 Å². The molecule has 1 aliphatic carbocycles. The molecule has 1 saturated carbocycles. The Morgan fingerprint density at radius 1 is 0.969 bits per heavy atom. The SMILES string of the molecule is COc1cccc([C@H]2C[NH2+]C3(CCC(C(C)(C)C)CC3)c3[nH]c4ccccc4c32)c1OC. The molecule has 1 spiro atoms. The van der Waals surface area contributed by atoms with E-state index >= 15 is 0 Å². The number of para-hydroxylation sites is 2. The van der Waals surface area contributed by atoms with Crippen molar-refractivity contribution in [1.82, 2.24) is 4.98 Å². The number of H-pyrrole nitrogens is 1. The van der Waals surface area contributed by atoms with Gasteiger partial charge in [0.15, 0.2) is 11.5 Å². The summed E-state index contributed by atoms with van der Waals surface area (Å²) in [5.41, 5.74) is 5.90. The molecular formula is C28H37N2O2+. The van der Waals surface area contributed by atoms with Crippen molar-refractivity contribution in [2.45, 2.75) is 57.9 Å². The van der Waals surface area contributed by atoms with Crippen LogP contribution < -0.4 is 14.8 Å². The maximum Gasteiger partial charge on any atom is 0.164 e. The number of aromatic amines is 1. The number of ether oxygens (including phenoxy) is 2. The quantitative estimate of drug-likeness (QED) is 0.587. The Balaban J connectivity index is 1.63. The minimum Gasteiger partial charge on any atom is -0.493 e. The number of fused-ring (bicyclic) bond motifs is 4. The maximum atomic E-state index is 5.86. The maximum absolute atomic E-state index is 5.86. The van der Waals surface area contributed by atoms with Crippen LogP contribution in [0.15, 0.2) is 42.5 Å². The predicted octanol–water partition coefficient (Wildman–Crippen LogP) is 5.33. The minimum absolute atomic E-state index is 0.151. The standard InChI is InChI=1S/C28H36N2O2/c1-27(2,3)18-13-15-28(16-14-18)26-24(20-9-6-7-11-22(20)30-26)21(17-29-28)19-10-8-12-23(31-4)25(19)32-5/h6-12,18,21,29-30H,13-17H2,1-5H3/p+1/t18?,21-,28?/m1/s1. The van der Waals surface area contributed by atoms with E-state index in [1.807, 2.05) is 6.07 Å². The predicted molar refractivity (Wildman–Crippen MR) is 130 cm³/mol. The zero-order valence-corrected chi connectivity index (χ0v) is 20.1. The number of nitrogens with two attached hydrogens (primary N) is 1. The van der Waals surface area contributed by atoms with Crippen LogP contribution in [0.3, 0.4) is 0 Å². The van der Waals surface area contributed by atoms with Crippen LogP contribution in [-0.4, -0.2) is 25.7 Å². The molecule has 2 aromatic carbocycles. The largest absolute Gasteiger partial charge is 0.493 e. The highest BCUT2D eigenvalue weighted by Gasteiger charge is 2.49. The van der Waals surface area contributed by atoms with Crippen molar-refractivity contribution in [2.75, 3.05) is 20.8 Å². The van der Waals surface area contributed by atoms with E-state index in [9.17, 15) is 0 Å². The van der Waals surface area contributed by atoms with Crippen LogP contribution in [0.25, 0.3) is 10.9 Å². The van der Waals surface area contributed by atoms with Gasteiger partial charge in [0.05, 0.1) is 32.4 Å². The third-order valence-electron chi connectivity index (χ3n) is 8.25. The van der Waals surface area contributed by atoms with Crippen LogP contribution in [-0.2, 0) is 5.54 Å². The lowest BCUT2D eigenvalue weighted by molar-refractivity contribution is -0.746. The van der Waals surface area contributed by atoms with E-state index in [0.717, 1.165) is 24.0 Å². The number of rotatable bonds is 3. The van der Waals surface area contributed by atoms with Crippen molar-refractivity contribution in [3.63, 3.8) is 0 Å². The van der Waals surface area contributed by atoms with Gasteiger partial charge in [-0.1, -0.05) is 51.1 Å². The number of hydrogen-bond donors (Lipinski definition) is 2. The van der Waals surface area contributed by atoms with Crippen LogP contribution in [0.2, 0.25) is 0 Å². The van der Waals surface area contributed by atoms with Crippen molar-refractivity contribution in [2.24, 2.45) is 11.3 Å². The summed E-state index contributed by atoms with van der Waals surface area (Å²) in [7, 11) is 3.47. The fraction of sp³-hybridized carbons (Fsp3) is 0.500. The second kappa shape index (κ2) is 7.84. The number of hydrogen-bond acceptors (Lipinski definition) is 2. The van der Waals surface area contributed by atoms with E-state index in [1.54, 1.807) is 14.2 Å². The molecule has 1 atom stereocenters. The first-order chi connectivity index (χ1) is 15.4. The van der Waals surface area contributed by atoms with Crippen LogP contribution in [0.4, 0.5) is 0 Å². The summed E-state index contributed by atoms with van der Waals surface area (Å²) < 4.78 is 11.5. The lowest BCUT2D eigenvalue weighted by atomic mass is 9.64. The van der Waals surface area contributed by atoms with Crippen molar-refractivity contribution < 1.29 is 14.8 Å². The molecule has 0 amide bonds. The van der Waals surface area contributed by atoms with Crippen LogP contribution >= 0.6 is 0 Å². The van der Waals surface area contributed by atoms with E-state index in [2.05, 4.69) is 67.5 Å². The topological polar surface area (TPSA) is 50.9 Å². The van der Waals surface area contributed by atoms with Crippen molar-refractivity contribution in [1.29, 1.82) is 0 Å². The van der Waals surface area contributed by atoms with Crippen molar-refractivity contribution >= 4 is 10.9 Å². The van der Waals surface area contributed by atoms with Gasteiger partial charge in [0.2, 0.25) is 0 Å². The van der Waals surface area contributed by atoms with Gasteiger partial charge in [-0.2, -0.15) is 0 Å². The molecule has 0 saturated heterocycles. The van der Waals surface area contributed by atoms with Gasteiger partial charge in [-0.3, -0.25) is 0 Å². The Kier molecular flexibility index (Phi) is 5.24. The lowest BCUT2D eigenvalue weighted by Crippen LogP contribution is -2.97. The highest BCUT2D eigenvalue weighted by atomic mass is 16.5. The van der Waals surface area contributed by atoms with Gasteiger partial charge in [0, 0.05) is 34.9 Å². The summed E-state index contributed by atoms with van der Waals surface area (Å²) >= 11 is 0. The third kappa shape index (κ3) is 3.31. The van der Waals surface area contributed by atoms with Gasteiger partial charge >= 0.3 is 0 Å². The zero-order valence-electron chi connectivity index (χ0n) is 20.1. The molecule has 3 aromatic rings. The van der Waals surface area contributed by atoms with Gasteiger partial charge in [0.25, 0.3) is 0 Å². The number of benzene rings is 2. The monoisotopic (exact) mass is 433 g/mol. The average Bonchev–Trinajstić information content (AvgIpc) is 3.20. The first kappa shape index (κ1) is 21.4. The van der Waals surface area contributed by atoms with E-state index in [1.165, 1.54) is 53.4 Å². The molecular weight excluding hydrogens is 396 g/mol. The molecule has 1 aliphatic heterocycles. The molecule has 2 heterocycles. The number of methoxy groups -OCH3 is 2. The number of quaternary nitrogens is 1. The molecule has 0 radical (unpaired) electrons. The molecule has 4 nitrogen and oxygen atoms in total. The Bertz CT molecular complexity index is 1120. The van der Waals surface area contributed by atoms with E-state index in [4.69, 9.17) is 9.47 Å². The second-order valence-corrected chi connectivity index (χ2v) is 10.8. The van der Waals surface area contributed by atoms with E-state index in [0.29, 0.717) is 5.41 Å². The highest BCUT2D eigenvalue weighted by Crippen LogP contribution is 2.49.